The molecule has 0 radical (unpaired) electrons. The Bertz CT molecular complexity index is 1070. The molecule has 0 unspecified atom stereocenters. The Labute approximate surface area is 165 Å². The summed E-state index contributed by atoms with van der Waals surface area (Å²) in [5, 5.41) is 5.46. The number of nitrogens with zero attached hydrogens (tertiary/aromatic N) is 2. The van der Waals surface area contributed by atoms with Gasteiger partial charge in [-0.3, -0.25) is 0 Å². The van der Waals surface area contributed by atoms with Gasteiger partial charge < -0.3 is 9.40 Å². The molecule has 0 aliphatic heterocycles. The largest absolute Gasteiger partial charge is 0.365 e. The van der Waals surface area contributed by atoms with Crippen LogP contribution in [0.25, 0.3) is 10.9 Å². The van der Waals surface area contributed by atoms with Crippen LogP contribution in [-0.4, -0.2) is 16.2 Å². The molecule has 0 N–H and O–H groups in total. The van der Waals surface area contributed by atoms with Crippen LogP contribution in [0.4, 0.5) is 0 Å². The first-order chi connectivity index (χ1) is 13.4. The molecule has 4 rings (SSSR count). The highest BCUT2D eigenvalue weighted by Crippen LogP contribution is 2.32. The minimum atomic E-state index is -0.416. The van der Waals surface area contributed by atoms with Crippen LogP contribution >= 0.6 is 0 Å². The lowest BCUT2D eigenvalue weighted by Crippen LogP contribution is -2.15. The average molecular weight is 374 g/mol. The number of aromatic nitrogens is 1. The third-order valence-corrected chi connectivity index (χ3v) is 5.57. The van der Waals surface area contributed by atoms with Gasteiger partial charge in [-0.1, -0.05) is 56.3 Å². The van der Waals surface area contributed by atoms with Gasteiger partial charge in [-0.05, 0) is 48.4 Å². The van der Waals surface area contributed by atoms with E-state index < -0.39 is 5.97 Å². The number of carbonyl (C=O) groups excluding carboxylic acids is 1. The quantitative estimate of drug-likeness (QED) is 0.447. The lowest BCUT2D eigenvalue weighted by atomic mass is 9.87. The van der Waals surface area contributed by atoms with Crippen LogP contribution in [0.5, 0.6) is 0 Å². The Balaban J connectivity index is 1.61. The molecule has 0 amide bonds. The highest BCUT2D eigenvalue weighted by molar-refractivity contribution is 6.13. The Morgan fingerprint density at radius 3 is 2.46 bits per heavy atom. The van der Waals surface area contributed by atoms with Crippen molar-refractivity contribution >= 4 is 22.6 Å². The number of oxime groups is 1. The molecule has 1 heterocycles. The molecule has 1 aliphatic rings. The molecule has 1 aliphatic carbocycles. The summed E-state index contributed by atoms with van der Waals surface area (Å²) in [6.45, 7) is 6.45. The van der Waals surface area contributed by atoms with E-state index in [0.717, 1.165) is 30.5 Å². The van der Waals surface area contributed by atoms with Gasteiger partial charge in [0.05, 0.1) is 11.3 Å². The molecule has 0 atom stereocenters. The summed E-state index contributed by atoms with van der Waals surface area (Å²) in [5.74, 6) is -0.416. The Kier molecular flexibility index (Phi) is 4.58. The maximum Gasteiger partial charge on any atom is 0.365 e. The van der Waals surface area contributed by atoms with Gasteiger partial charge in [-0.2, -0.15) is 0 Å². The van der Waals surface area contributed by atoms with Gasteiger partial charge in [-0.15, -0.1) is 0 Å². The van der Waals surface area contributed by atoms with Crippen molar-refractivity contribution in [2.45, 2.75) is 45.4 Å². The number of aryl methyl sites for hydroxylation is 1. The summed E-state index contributed by atoms with van der Waals surface area (Å²) in [4.78, 5) is 17.8. The number of para-hydroxylation sites is 1. The average Bonchev–Trinajstić information content (AvgIpc) is 2.99. The van der Waals surface area contributed by atoms with Crippen LogP contribution in [-0.2, 0) is 23.7 Å². The fourth-order valence-electron chi connectivity index (χ4n) is 3.96. The van der Waals surface area contributed by atoms with Gasteiger partial charge in [0.2, 0.25) is 0 Å². The van der Waals surface area contributed by atoms with Crippen molar-refractivity contribution in [1.82, 2.24) is 4.57 Å². The first-order valence-electron chi connectivity index (χ1n) is 9.81. The smallest absolute Gasteiger partial charge is 0.347 e. The molecule has 0 fully saturated rings. The van der Waals surface area contributed by atoms with Gasteiger partial charge in [0.25, 0.3) is 0 Å². The molecule has 28 heavy (non-hydrogen) atoms. The number of benzene rings is 2. The second-order valence-corrected chi connectivity index (χ2v) is 8.50. The van der Waals surface area contributed by atoms with Gasteiger partial charge >= 0.3 is 5.97 Å². The lowest BCUT2D eigenvalue weighted by molar-refractivity contribution is 0.0515. The fraction of sp³-hybridized carbons (Fsp3) is 0.333. The Hall–Kier alpha value is -2.88. The van der Waals surface area contributed by atoms with E-state index in [-0.39, 0.29) is 5.41 Å². The number of hydrogen-bond donors (Lipinski definition) is 0. The van der Waals surface area contributed by atoms with E-state index in [1.165, 1.54) is 22.2 Å². The monoisotopic (exact) mass is 374 g/mol. The van der Waals surface area contributed by atoms with Crippen LogP contribution in [0.1, 0.15) is 60.8 Å². The summed E-state index contributed by atoms with van der Waals surface area (Å²) in [5.41, 5.74) is 6.19. The van der Waals surface area contributed by atoms with E-state index in [9.17, 15) is 4.79 Å². The first kappa shape index (κ1) is 18.5. The van der Waals surface area contributed by atoms with E-state index in [4.69, 9.17) is 4.84 Å². The molecular weight excluding hydrogens is 348 g/mol. The third-order valence-electron chi connectivity index (χ3n) is 5.57. The van der Waals surface area contributed by atoms with E-state index >= 15 is 0 Å². The van der Waals surface area contributed by atoms with Gasteiger partial charge in [-0.25, -0.2) is 4.79 Å². The van der Waals surface area contributed by atoms with E-state index in [2.05, 4.69) is 49.7 Å². The van der Waals surface area contributed by atoms with E-state index in [1.54, 1.807) is 0 Å². The lowest BCUT2D eigenvalue weighted by Gasteiger charge is -2.18. The fourth-order valence-corrected chi connectivity index (χ4v) is 3.96. The molecule has 2 aromatic carbocycles. The van der Waals surface area contributed by atoms with Crippen molar-refractivity contribution in [3.8, 4) is 0 Å². The van der Waals surface area contributed by atoms with Crippen molar-refractivity contribution in [1.29, 1.82) is 0 Å². The van der Waals surface area contributed by atoms with Crippen LogP contribution in [0.3, 0.4) is 0 Å². The molecule has 4 nitrogen and oxygen atoms in total. The summed E-state index contributed by atoms with van der Waals surface area (Å²) >= 11 is 0. The molecule has 0 spiro atoms. The summed E-state index contributed by atoms with van der Waals surface area (Å²) in [7, 11) is 2.09. The van der Waals surface area contributed by atoms with E-state index in [0.29, 0.717) is 5.56 Å². The summed E-state index contributed by atoms with van der Waals surface area (Å²) < 4.78 is 2.23. The molecule has 0 bridgehead atoms. The predicted molar refractivity (Wildman–Crippen MR) is 113 cm³/mol. The molecule has 4 heteroatoms. The third kappa shape index (κ3) is 3.24. The number of fused-ring (bicyclic) bond motifs is 3. The van der Waals surface area contributed by atoms with Crippen LogP contribution < -0.4 is 0 Å². The minimum absolute atomic E-state index is 0.0511. The zero-order valence-corrected chi connectivity index (χ0v) is 17.0. The van der Waals surface area contributed by atoms with Crippen molar-refractivity contribution in [3.63, 3.8) is 0 Å². The molecule has 0 saturated carbocycles. The van der Waals surface area contributed by atoms with Crippen molar-refractivity contribution in [3.05, 3.63) is 70.9 Å². The minimum Gasteiger partial charge on any atom is -0.347 e. The number of rotatable bonds is 2. The highest BCUT2D eigenvalue weighted by atomic mass is 16.7. The predicted octanol–water partition coefficient (Wildman–Crippen LogP) is 5.37. The van der Waals surface area contributed by atoms with Crippen molar-refractivity contribution < 1.29 is 9.63 Å². The van der Waals surface area contributed by atoms with Gasteiger partial charge in [0, 0.05) is 29.2 Å². The molecule has 144 valence electrons. The second-order valence-electron chi connectivity index (χ2n) is 8.50. The summed E-state index contributed by atoms with van der Waals surface area (Å²) in [6.07, 6.45) is 2.84. The zero-order chi connectivity index (χ0) is 19.9. The maximum atomic E-state index is 12.5. The molecule has 0 saturated heterocycles. The van der Waals surface area contributed by atoms with Crippen LogP contribution in [0, 0.1) is 0 Å². The summed E-state index contributed by atoms with van der Waals surface area (Å²) in [6, 6.07) is 15.9. The number of carbonyl (C=O) groups is 1. The van der Waals surface area contributed by atoms with E-state index in [1.807, 2.05) is 36.4 Å². The topological polar surface area (TPSA) is 43.6 Å². The van der Waals surface area contributed by atoms with Crippen molar-refractivity contribution in [2.75, 3.05) is 0 Å². The Morgan fingerprint density at radius 2 is 1.75 bits per heavy atom. The Morgan fingerprint density at radius 1 is 1.04 bits per heavy atom. The SMILES string of the molecule is Cn1c2c(c3ccccc31)/C(=N/OC(=O)c1ccc(C(C)(C)C)cc1)CCC2. The van der Waals surface area contributed by atoms with Crippen LogP contribution in [0.15, 0.2) is 53.7 Å². The molecule has 1 aromatic heterocycles. The highest BCUT2D eigenvalue weighted by Gasteiger charge is 2.24. The standard InChI is InChI=1S/C24H26N2O2/c1-24(2,3)17-14-12-16(13-15-17)23(27)28-25-19-9-7-11-21-22(19)18-8-5-6-10-20(18)26(21)4/h5-6,8,10,12-15H,7,9,11H2,1-4H3/b25-19+. The molecular formula is C24H26N2O2. The van der Waals surface area contributed by atoms with Gasteiger partial charge in [0.1, 0.15) is 0 Å². The zero-order valence-electron chi connectivity index (χ0n) is 17.0. The normalized spacial score (nSPS) is 15.6. The van der Waals surface area contributed by atoms with Gasteiger partial charge in [0.15, 0.2) is 0 Å². The molecule has 3 aromatic rings. The second kappa shape index (κ2) is 6.93. The maximum absolute atomic E-state index is 12.5. The van der Waals surface area contributed by atoms with Crippen LogP contribution in [0.2, 0.25) is 0 Å². The first-order valence-corrected chi connectivity index (χ1v) is 9.81. The number of hydrogen-bond acceptors (Lipinski definition) is 3. The van der Waals surface area contributed by atoms with Crippen molar-refractivity contribution in [2.24, 2.45) is 12.2 Å².